The highest BCUT2D eigenvalue weighted by Gasteiger charge is 2.28. The molecule has 7 nitrogen and oxygen atoms in total. The number of hydrogen-bond donors (Lipinski definition) is 1. The Morgan fingerprint density at radius 2 is 1.57 bits per heavy atom. The van der Waals surface area contributed by atoms with Crippen molar-refractivity contribution in [3.05, 3.63) is 58.7 Å². The van der Waals surface area contributed by atoms with Gasteiger partial charge in [-0.15, -0.1) is 0 Å². The zero-order valence-electron chi connectivity index (χ0n) is 17.4. The highest BCUT2D eigenvalue weighted by molar-refractivity contribution is 7.89. The summed E-state index contributed by atoms with van der Waals surface area (Å²) in [7, 11) is -2.37. The first-order chi connectivity index (χ1) is 14.2. The highest BCUT2D eigenvalue weighted by Crippen LogP contribution is 2.25. The van der Waals surface area contributed by atoms with Gasteiger partial charge in [-0.05, 0) is 62.1 Å². The Morgan fingerprint density at radius 3 is 2.23 bits per heavy atom. The SMILES string of the molecule is COC(=O)c1ccc(C)c(NC(=O)c2ccc(C)c(S(=O)(=O)N3CCCCC3)c2)c1. The van der Waals surface area contributed by atoms with E-state index in [0.29, 0.717) is 29.9 Å². The number of carbonyl (C=O) groups excluding carboxylic acids is 2. The molecule has 30 heavy (non-hydrogen) atoms. The van der Waals surface area contributed by atoms with E-state index in [-0.39, 0.29) is 10.5 Å². The summed E-state index contributed by atoms with van der Waals surface area (Å²) in [5, 5.41) is 2.77. The van der Waals surface area contributed by atoms with Gasteiger partial charge < -0.3 is 10.1 Å². The van der Waals surface area contributed by atoms with E-state index in [9.17, 15) is 18.0 Å². The van der Waals surface area contributed by atoms with E-state index in [1.807, 2.05) is 0 Å². The summed E-state index contributed by atoms with van der Waals surface area (Å²) in [6, 6.07) is 9.53. The fraction of sp³-hybridized carbons (Fsp3) is 0.364. The van der Waals surface area contributed by atoms with Crippen LogP contribution >= 0.6 is 0 Å². The van der Waals surface area contributed by atoms with Gasteiger partial charge >= 0.3 is 5.97 Å². The van der Waals surface area contributed by atoms with Crippen LogP contribution in [0.15, 0.2) is 41.3 Å². The van der Waals surface area contributed by atoms with Crippen LogP contribution in [0, 0.1) is 13.8 Å². The van der Waals surface area contributed by atoms with Gasteiger partial charge in [0.1, 0.15) is 0 Å². The van der Waals surface area contributed by atoms with Crippen molar-refractivity contribution in [3.8, 4) is 0 Å². The van der Waals surface area contributed by atoms with Crippen molar-refractivity contribution < 1.29 is 22.7 Å². The van der Waals surface area contributed by atoms with Gasteiger partial charge in [-0.25, -0.2) is 13.2 Å². The molecule has 0 saturated carbocycles. The third kappa shape index (κ3) is 4.55. The van der Waals surface area contributed by atoms with Crippen molar-refractivity contribution in [2.75, 3.05) is 25.5 Å². The van der Waals surface area contributed by atoms with Gasteiger partial charge in [0.25, 0.3) is 5.91 Å². The summed E-state index contributed by atoms with van der Waals surface area (Å²) in [5.74, 6) is -0.953. The summed E-state index contributed by atoms with van der Waals surface area (Å²) < 4.78 is 32.4. The van der Waals surface area contributed by atoms with Crippen LogP contribution < -0.4 is 5.32 Å². The Morgan fingerprint density at radius 1 is 0.933 bits per heavy atom. The quantitative estimate of drug-likeness (QED) is 0.733. The molecule has 2 aromatic carbocycles. The van der Waals surface area contributed by atoms with Gasteiger partial charge in [0.2, 0.25) is 10.0 Å². The van der Waals surface area contributed by atoms with Crippen LogP contribution in [-0.2, 0) is 14.8 Å². The molecule has 8 heteroatoms. The minimum absolute atomic E-state index is 0.150. The highest BCUT2D eigenvalue weighted by atomic mass is 32.2. The molecule has 0 atom stereocenters. The van der Waals surface area contributed by atoms with Crippen molar-refractivity contribution in [3.63, 3.8) is 0 Å². The number of benzene rings is 2. The lowest BCUT2D eigenvalue weighted by molar-refractivity contribution is 0.0600. The number of nitrogens with zero attached hydrogens (tertiary/aromatic N) is 1. The minimum atomic E-state index is -3.66. The molecule has 1 fully saturated rings. The lowest BCUT2D eigenvalue weighted by Crippen LogP contribution is -2.36. The first-order valence-corrected chi connectivity index (χ1v) is 11.3. The number of piperidine rings is 1. The van der Waals surface area contributed by atoms with Gasteiger partial charge in [0, 0.05) is 24.3 Å². The van der Waals surface area contributed by atoms with E-state index in [0.717, 1.165) is 24.8 Å². The third-order valence-electron chi connectivity index (χ3n) is 5.29. The van der Waals surface area contributed by atoms with E-state index in [1.54, 1.807) is 44.2 Å². The number of hydrogen-bond acceptors (Lipinski definition) is 5. The molecule has 1 N–H and O–H groups in total. The lowest BCUT2D eigenvalue weighted by atomic mass is 10.1. The summed E-state index contributed by atoms with van der Waals surface area (Å²) in [5.41, 5.74) is 2.38. The monoisotopic (exact) mass is 430 g/mol. The standard InChI is InChI=1S/C22H26N2O5S/c1-15-7-10-18(22(26)29-3)13-19(15)23-21(25)17-9-8-16(2)20(14-17)30(27,28)24-11-5-4-6-12-24/h7-10,13-14H,4-6,11-12H2,1-3H3,(H,23,25). The van der Waals surface area contributed by atoms with Gasteiger partial charge in [-0.1, -0.05) is 18.6 Å². The minimum Gasteiger partial charge on any atom is -0.465 e. The van der Waals surface area contributed by atoms with Gasteiger partial charge in [-0.3, -0.25) is 4.79 Å². The fourth-order valence-corrected chi connectivity index (χ4v) is 5.23. The number of sulfonamides is 1. The van der Waals surface area contributed by atoms with Gasteiger partial charge in [0.05, 0.1) is 17.6 Å². The first kappa shape index (κ1) is 22.0. The molecule has 0 radical (unpaired) electrons. The number of nitrogens with one attached hydrogen (secondary N) is 1. The molecule has 1 amide bonds. The normalized spacial score (nSPS) is 14.9. The molecule has 1 saturated heterocycles. The fourth-order valence-electron chi connectivity index (χ4n) is 3.46. The molecule has 160 valence electrons. The molecule has 0 aromatic heterocycles. The summed E-state index contributed by atoms with van der Waals surface area (Å²) in [6.07, 6.45) is 2.71. The predicted molar refractivity (Wildman–Crippen MR) is 114 cm³/mol. The number of amides is 1. The maximum atomic E-state index is 13.1. The molecule has 2 aromatic rings. The van der Waals surface area contributed by atoms with Crippen LogP contribution in [0.1, 0.15) is 51.1 Å². The summed E-state index contributed by atoms with van der Waals surface area (Å²) >= 11 is 0. The average molecular weight is 431 g/mol. The van der Waals surface area contributed by atoms with Crippen LogP contribution in [-0.4, -0.2) is 44.8 Å². The van der Waals surface area contributed by atoms with Gasteiger partial charge in [0.15, 0.2) is 0 Å². The van der Waals surface area contributed by atoms with E-state index in [4.69, 9.17) is 4.74 Å². The molecule has 3 rings (SSSR count). The summed E-state index contributed by atoms with van der Waals surface area (Å²) in [6.45, 7) is 4.52. The third-order valence-corrected chi connectivity index (χ3v) is 7.33. The Kier molecular flexibility index (Phi) is 6.58. The van der Waals surface area contributed by atoms with E-state index in [2.05, 4.69) is 5.32 Å². The Hall–Kier alpha value is -2.71. The number of methoxy groups -OCH3 is 1. The van der Waals surface area contributed by atoms with Crippen LogP contribution in [0.4, 0.5) is 5.69 Å². The van der Waals surface area contributed by atoms with Crippen molar-refractivity contribution >= 4 is 27.6 Å². The first-order valence-electron chi connectivity index (χ1n) is 9.85. The lowest BCUT2D eigenvalue weighted by Gasteiger charge is -2.26. The molecule has 1 heterocycles. The molecular weight excluding hydrogens is 404 g/mol. The van der Waals surface area contributed by atoms with Crippen molar-refractivity contribution in [1.82, 2.24) is 4.31 Å². The van der Waals surface area contributed by atoms with Gasteiger partial charge in [-0.2, -0.15) is 4.31 Å². The van der Waals surface area contributed by atoms with E-state index < -0.39 is 21.9 Å². The number of carbonyl (C=O) groups is 2. The largest absolute Gasteiger partial charge is 0.465 e. The number of anilines is 1. The average Bonchev–Trinajstić information content (AvgIpc) is 2.75. The van der Waals surface area contributed by atoms with E-state index >= 15 is 0 Å². The second kappa shape index (κ2) is 8.97. The van der Waals surface area contributed by atoms with Crippen molar-refractivity contribution in [1.29, 1.82) is 0 Å². The Bertz CT molecular complexity index is 1070. The maximum Gasteiger partial charge on any atom is 0.337 e. The van der Waals surface area contributed by atoms with Crippen LogP contribution in [0.3, 0.4) is 0 Å². The number of ether oxygens (including phenoxy) is 1. The smallest absolute Gasteiger partial charge is 0.337 e. The molecule has 0 bridgehead atoms. The zero-order chi connectivity index (χ0) is 21.9. The topological polar surface area (TPSA) is 92.8 Å². The predicted octanol–water partition coefficient (Wildman–Crippen LogP) is 3.52. The number of esters is 1. The number of aryl methyl sites for hydroxylation is 2. The molecule has 0 aliphatic carbocycles. The van der Waals surface area contributed by atoms with Crippen molar-refractivity contribution in [2.24, 2.45) is 0 Å². The van der Waals surface area contributed by atoms with Crippen LogP contribution in [0.5, 0.6) is 0 Å². The van der Waals surface area contributed by atoms with Crippen molar-refractivity contribution in [2.45, 2.75) is 38.0 Å². The molecule has 1 aliphatic rings. The molecule has 0 spiro atoms. The van der Waals surface area contributed by atoms with E-state index in [1.165, 1.54) is 17.5 Å². The Balaban J connectivity index is 1.89. The summed E-state index contributed by atoms with van der Waals surface area (Å²) in [4.78, 5) is 24.8. The second-order valence-electron chi connectivity index (χ2n) is 7.42. The number of rotatable bonds is 5. The Labute approximate surface area is 177 Å². The van der Waals surface area contributed by atoms with Crippen LogP contribution in [0.25, 0.3) is 0 Å². The second-order valence-corrected chi connectivity index (χ2v) is 9.33. The molecular formula is C22H26N2O5S. The van der Waals surface area contributed by atoms with Crippen LogP contribution in [0.2, 0.25) is 0 Å². The maximum absolute atomic E-state index is 13.1. The molecule has 1 aliphatic heterocycles. The zero-order valence-corrected chi connectivity index (χ0v) is 18.2. The molecule has 0 unspecified atom stereocenters.